The van der Waals surface area contributed by atoms with Crippen LogP contribution in [0.15, 0.2) is 18.2 Å². The highest BCUT2D eigenvalue weighted by Gasteiger charge is 2.40. The summed E-state index contributed by atoms with van der Waals surface area (Å²) in [6.45, 7) is 7.20. The molecular weight excluding hydrogens is 268 g/mol. The highest BCUT2D eigenvalue weighted by atomic mass is 28.3. The molecule has 0 aromatic heterocycles. The fraction of sp³-hybridized carbons (Fsp3) is 0.455. The molecule has 0 fully saturated rings. The van der Waals surface area contributed by atoms with Gasteiger partial charge in [-0.05, 0) is 12.5 Å². The van der Waals surface area contributed by atoms with Crippen molar-refractivity contribution in [3.8, 4) is 0 Å². The Morgan fingerprint density at radius 3 is 1.68 bits per heavy atom. The first kappa shape index (κ1) is 15.3. The Labute approximate surface area is 111 Å². The lowest BCUT2D eigenvalue weighted by Crippen LogP contribution is -2.47. The van der Waals surface area contributed by atoms with E-state index in [0.717, 1.165) is 6.07 Å². The van der Waals surface area contributed by atoms with Crippen LogP contribution in [0.2, 0.25) is 19.6 Å². The number of nitrogens with zero attached hydrogens (tertiary/aromatic N) is 2. The van der Waals surface area contributed by atoms with Crippen molar-refractivity contribution in [1.29, 1.82) is 0 Å². The minimum atomic E-state index is -2.13. The minimum absolute atomic E-state index is 0.215. The Morgan fingerprint density at radius 1 is 1.05 bits per heavy atom. The number of benzene rings is 1. The second kappa shape index (κ2) is 4.70. The van der Waals surface area contributed by atoms with E-state index in [4.69, 9.17) is 0 Å². The molecule has 104 valence electrons. The van der Waals surface area contributed by atoms with Gasteiger partial charge in [0.05, 0.1) is 29.2 Å². The van der Waals surface area contributed by atoms with Crippen molar-refractivity contribution in [3.63, 3.8) is 0 Å². The second-order valence-corrected chi connectivity index (χ2v) is 11.0. The maximum atomic E-state index is 10.8. The van der Waals surface area contributed by atoms with E-state index >= 15 is 0 Å². The van der Waals surface area contributed by atoms with Crippen LogP contribution < -0.4 is 0 Å². The fourth-order valence-corrected chi connectivity index (χ4v) is 2.53. The zero-order chi connectivity index (χ0) is 15.0. The first-order valence-corrected chi connectivity index (χ1v) is 9.13. The zero-order valence-corrected chi connectivity index (χ0v) is 12.2. The van der Waals surface area contributed by atoms with Crippen LogP contribution in [-0.4, -0.2) is 23.0 Å². The van der Waals surface area contributed by atoms with Crippen LogP contribution in [0.25, 0.3) is 0 Å². The number of hydrogen-bond donors (Lipinski definition) is 1. The first-order chi connectivity index (χ1) is 8.46. The summed E-state index contributed by atoms with van der Waals surface area (Å²) < 4.78 is 0. The molecule has 1 unspecified atom stereocenters. The van der Waals surface area contributed by atoms with Gasteiger partial charge in [0.1, 0.15) is 0 Å². The quantitative estimate of drug-likeness (QED) is 0.519. The third-order valence-corrected chi connectivity index (χ3v) is 6.56. The van der Waals surface area contributed by atoms with Crippen molar-refractivity contribution in [2.75, 3.05) is 0 Å². The Kier molecular flexibility index (Phi) is 3.78. The predicted octanol–water partition coefficient (Wildman–Crippen LogP) is 2.59. The third-order valence-electron chi connectivity index (χ3n) is 3.35. The standard InChI is InChI=1S/C11H16N2O5Si/c1-11(14,19(2,3)4)8-5-9(12(15)16)7-10(6-8)13(17)18/h5-7,14H,1-4H3. The molecule has 19 heavy (non-hydrogen) atoms. The fourth-order valence-electron chi connectivity index (χ4n) is 1.52. The molecule has 0 heterocycles. The van der Waals surface area contributed by atoms with E-state index in [0.29, 0.717) is 0 Å². The maximum absolute atomic E-state index is 10.8. The molecule has 0 amide bonds. The highest BCUT2D eigenvalue weighted by molar-refractivity contribution is 6.78. The van der Waals surface area contributed by atoms with Gasteiger partial charge < -0.3 is 5.11 Å². The van der Waals surface area contributed by atoms with Crippen LogP contribution in [-0.2, 0) is 5.22 Å². The number of nitro benzene ring substituents is 2. The van der Waals surface area contributed by atoms with Crippen LogP contribution in [0, 0.1) is 20.2 Å². The average molecular weight is 284 g/mol. The molecule has 7 nitrogen and oxygen atoms in total. The lowest BCUT2D eigenvalue weighted by molar-refractivity contribution is -0.394. The molecule has 1 N–H and O–H groups in total. The van der Waals surface area contributed by atoms with E-state index in [9.17, 15) is 25.3 Å². The maximum Gasteiger partial charge on any atom is 0.276 e. The summed E-state index contributed by atoms with van der Waals surface area (Å²) in [5, 5.41) is 30.9. The molecule has 0 saturated carbocycles. The van der Waals surface area contributed by atoms with Gasteiger partial charge in [-0.25, -0.2) is 0 Å². The molecule has 1 rings (SSSR count). The average Bonchev–Trinajstić information content (AvgIpc) is 2.26. The van der Waals surface area contributed by atoms with Crippen molar-refractivity contribution < 1.29 is 15.0 Å². The van der Waals surface area contributed by atoms with Gasteiger partial charge in [-0.15, -0.1) is 0 Å². The van der Waals surface area contributed by atoms with E-state index in [2.05, 4.69) is 0 Å². The summed E-state index contributed by atoms with van der Waals surface area (Å²) in [5.41, 5.74) is -0.557. The molecule has 0 bridgehead atoms. The van der Waals surface area contributed by atoms with E-state index in [-0.39, 0.29) is 16.9 Å². The topological polar surface area (TPSA) is 107 Å². The van der Waals surface area contributed by atoms with Gasteiger partial charge in [0.2, 0.25) is 0 Å². The van der Waals surface area contributed by atoms with E-state index in [1.165, 1.54) is 12.1 Å². The van der Waals surface area contributed by atoms with Gasteiger partial charge >= 0.3 is 0 Å². The monoisotopic (exact) mass is 284 g/mol. The third kappa shape index (κ3) is 2.96. The van der Waals surface area contributed by atoms with Gasteiger partial charge in [-0.3, -0.25) is 20.2 Å². The Hall–Kier alpha value is -1.80. The van der Waals surface area contributed by atoms with E-state index in [1.54, 1.807) is 6.92 Å². The molecule has 0 aliphatic rings. The SMILES string of the molecule is CC(O)(c1cc([N+](=O)[O-])cc([N+](=O)[O-])c1)[Si](C)(C)C. The molecule has 0 aliphatic carbocycles. The lowest BCUT2D eigenvalue weighted by Gasteiger charge is -2.35. The summed E-state index contributed by atoms with van der Waals surface area (Å²) in [5.74, 6) is 0. The van der Waals surface area contributed by atoms with Gasteiger partial charge in [0.15, 0.2) is 0 Å². The Morgan fingerprint density at radius 2 is 1.42 bits per heavy atom. The largest absolute Gasteiger partial charge is 0.389 e. The first-order valence-electron chi connectivity index (χ1n) is 5.63. The van der Waals surface area contributed by atoms with E-state index in [1.807, 2.05) is 19.6 Å². The Bertz CT molecular complexity index is 504. The van der Waals surface area contributed by atoms with Crippen molar-refractivity contribution in [2.24, 2.45) is 0 Å². The molecule has 1 aromatic carbocycles. The number of rotatable bonds is 4. The number of hydrogen-bond acceptors (Lipinski definition) is 5. The molecule has 1 aromatic rings. The number of nitro groups is 2. The Balaban J connectivity index is 3.52. The molecular formula is C11H16N2O5Si. The molecule has 0 aliphatic heterocycles. The number of non-ortho nitro benzene ring substituents is 2. The molecule has 0 spiro atoms. The summed E-state index contributed by atoms with van der Waals surface area (Å²) in [7, 11) is -2.13. The van der Waals surface area contributed by atoms with Crippen LogP contribution in [0.4, 0.5) is 11.4 Å². The van der Waals surface area contributed by atoms with Gasteiger partial charge in [-0.2, -0.15) is 0 Å². The van der Waals surface area contributed by atoms with Gasteiger partial charge in [-0.1, -0.05) is 19.6 Å². The van der Waals surface area contributed by atoms with Gasteiger partial charge in [0.25, 0.3) is 11.4 Å². The summed E-state index contributed by atoms with van der Waals surface area (Å²) in [4.78, 5) is 20.2. The van der Waals surface area contributed by atoms with Crippen LogP contribution >= 0.6 is 0 Å². The van der Waals surface area contributed by atoms with Crippen molar-refractivity contribution in [1.82, 2.24) is 0 Å². The molecule has 0 radical (unpaired) electrons. The lowest BCUT2D eigenvalue weighted by atomic mass is 10.1. The highest BCUT2D eigenvalue weighted by Crippen LogP contribution is 2.35. The van der Waals surface area contributed by atoms with E-state index < -0.39 is 23.1 Å². The zero-order valence-electron chi connectivity index (χ0n) is 11.2. The second-order valence-electron chi connectivity index (χ2n) is 5.57. The molecule has 0 saturated heterocycles. The van der Waals surface area contributed by atoms with Crippen LogP contribution in [0.5, 0.6) is 0 Å². The van der Waals surface area contributed by atoms with Crippen molar-refractivity contribution in [2.45, 2.75) is 31.8 Å². The smallest absolute Gasteiger partial charge is 0.276 e. The van der Waals surface area contributed by atoms with Crippen molar-refractivity contribution in [3.05, 3.63) is 44.0 Å². The number of aliphatic hydroxyl groups is 1. The summed E-state index contributed by atoms with van der Waals surface area (Å²) in [6.07, 6.45) is 0. The molecule has 1 atom stereocenters. The summed E-state index contributed by atoms with van der Waals surface area (Å²) >= 11 is 0. The summed E-state index contributed by atoms with van der Waals surface area (Å²) in [6, 6.07) is 3.29. The van der Waals surface area contributed by atoms with Crippen LogP contribution in [0.1, 0.15) is 12.5 Å². The normalized spacial score (nSPS) is 14.8. The molecule has 8 heteroatoms. The minimum Gasteiger partial charge on any atom is -0.389 e. The predicted molar refractivity (Wildman–Crippen MR) is 72.7 cm³/mol. The van der Waals surface area contributed by atoms with Gasteiger partial charge in [0, 0.05) is 12.1 Å². The van der Waals surface area contributed by atoms with Crippen LogP contribution in [0.3, 0.4) is 0 Å². The van der Waals surface area contributed by atoms with Crippen molar-refractivity contribution >= 4 is 19.4 Å².